The smallest absolute Gasteiger partial charge is 0.204 e. The van der Waals surface area contributed by atoms with Crippen LogP contribution in [0, 0.1) is 0 Å². The van der Waals surface area contributed by atoms with Crippen molar-refractivity contribution >= 4 is 13.7 Å². The molecule has 1 rings (SSSR count). The van der Waals surface area contributed by atoms with E-state index in [1.807, 2.05) is 24.3 Å². The average Bonchev–Trinajstić information content (AvgIpc) is 2.55. The third-order valence-corrected chi connectivity index (χ3v) is 4.02. The average molecular weight is 332 g/mol. The summed E-state index contributed by atoms with van der Waals surface area (Å²) in [4.78, 5) is 0. The first-order chi connectivity index (χ1) is 10.8. The van der Waals surface area contributed by atoms with Crippen LogP contribution in [-0.2, 0) is 23.3 Å². The van der Waals surface area contributed by atoms with Gasteiger partial charge in [-0.25, -0.2) is 0 Å². The first-order valence-electron chi connectivity index (χ1n) is 7.07. The first-order valence-corrected chi connectivity index (χ1v) is 8.25. The van der Waals surface area contributed by atoms with Crippen molar-refractivity contribution < 1.29 is 28.0 Å². The highest BCUT2D eigenvalue weighted by Gasteiger charge is 2.10. The molecular formula is C15H25O6P. The Kier molecular flexibility index (Phi) is 11.2. The maximum absolute atomic E-state index is 5.64. The zero-order valence-corrected chi connectivity index (χ0v) is 14.3. The summed E-state index contributed by atoms with van der Waals surface area (Å²) in [6, 6.07) is 7.70. The Balaban J connectivity index is 2.16. The molecule has 0 unspecified atom stereocenters. The molecule has 0 saturated heterocycles. The number of hydrogen-bond donors (Lipinski definition) is 0. The van der Waals surface area contributed by atoms with Crippen LogP contribution in [0.2, 0.25) is 0 Å². The molecule has 0 radical (unpaired) electrons. The highest BCUT2D eigenvalue weighted by Crippen LogP contribution is 2.35. The number of methoxy groups -OCH3 is 1. The highest BCUT2D eigenvalue weighted by atomic mass is 31.2. The molecule has 0 saturated carbocycles. The molecule has 1 aromatic rings. The standard InChI is InChI=1S/C15H25O6P/c1-16-7-8-19-9-10-20-11-12-21-14-5-4-6-15(13-14)22(17-2)18-3/h4-6,13H,7-12H2,1-3H3. The SMILES string of the molecule is COCCOCCOCCOc1cccc(P(OC)OC)c1. The molecule has 0 fully saturated rings. The van der Waals surface area contributed by atoms with Crippen molar-refractivity contribution in [1.29, 1.82) is 0 Å². The van der Waals surface area contributed by atoms with Crippen molar-refractivity contribution in [2.75, 3.05) is 61.0 Å². The van der Waals surface area contributed by atoms with E-state index in [1.165, 1.54) is 0 Å². The second kappa shape index (κ2) is 12.8. The zero-order valence-electron chi connectivity index (χ0n) is 13.4. The monoisotopic (exact) mass is 332 g/mol. The van der Waals surface area contributed by atoms with Crippen molar-refractivity contribution in [2.24, 2.45) is 0 Å². The van der Waals surface area contributed by atoms with Gasteiger partial charge in [-0.05, 0) is 18.2 Å². The summed E-state index contributed by atoms with van der Waals surface area (Å²) in [5, 5.41) is 0.977. The van der Waals surface area contributed by atoms with Crippen molar-refractivity contribution in [3.8, 4) is 5.75 Å². The molecule has 0 aliphatic rings. The molecule has 6 nitrogen and oxygen atoms in total. The van der Waals surface area contributed by atoms with Gasteiger partial charge < -0.3 is 28.0 Å². The fraction of sp³-hybridized carbons (Fsp3) is 0.600. The third-order valence-electron chi connectivity index (χ3n) is 2.66. The first kappa shape index (κ1) is 19.3. The van der Waals surface area contributed by atoms with Gasteiger partial charge in [0.2, 0.25) is 8.38 Å². The van der Waals surface area contributed by atoms with Crippen LogP contribution in [0.3, 0.4) is 0 Å². The third kappa shape index (κ3) is 8.03. The summed E-state index contributed by atoms with van der Waals surface area (Å²) >= 11 is 0. The summed E-state index contributed by atoms with van der Waals surface area (Å²) in [5.74, 6) is 0.777. The number of hydrogen-bond acceptors (Lipinski definition) is 6. The summed E-state index contributed by atoms with van der Waals surface area (Å²) in [5.41, 5.74) is 0. The van der Waals surface area contributed by atoms with Crippen LogP contribution < -0.4 is 10.0 Å². The molecule has 0 aromatic heterocycles. The molecule has 0 heterocycles. The highest BCUT2D eigenvalue weighted by molar-refractivity contribution is 7.55. The summed E-state index contributed by atoms with van der Waals surface area (Å²) in [6.07, 6.45) is 0. The minimum absolute atomic E-state index is 0.486. The van der Waals surface area contributed by atoms with Crippen LogP contribution in [0.15, 0.2) is 24.3 Å². The fourth-order valence-electron chi connectivity index (χ4n) is 1.65. The van der Waals surface area contributed by atoms with E-state index in [9.17, 15) is 0 Å². The van der Waals surface area contributed by atoms with Gasteiger partial charge in [-0.15, -0.1) is 0 Å². The zero-order chi connectivity index (χ0) is 16.0. The molecule has 0 aliphatic heterocycles. The van der Waals surface area contributed by atoms with E-state index in [4.69, 9.17) is 28.0 Å². The van der Waals surface area contributed by atoms with Crippen LogP contribution >= 0.6 is 8.38 Å². The Labute approximate surface area is 133 Å². The van der Waals surface area contributed by atoms with Gasteiger partial charge in [0, 0.05) is 26.6 Å². The van der Waals surface area contributed by atoms with Crippen LogP contribution in [0.1, 0.15) is 0 Å². The van der Waals surface area contributed by atoms with Crippen molar-refractivity contribution in [1.82, 2.24) is 0 Å². The van der Waals surface area contributed by atoms with Gasteiger partial charge in [-0.2, -0.15) is 0 Å². The molecule has 0 atom stereocenters. The van der Waals surface area contributed by atoms with Gasteiger partial charge in [-0.1, -0.05) is 6.07 Å². The molecular weight excluding hydrogens is 307 g/mol. The van der Waals surface area contributed by atoms with E-state index in [-0.39, 0.29) is 0 Å². The minimum atomic E-state index is -1.04. The molecule has 1 aromatic carbocycles. The Morgan fingerprint density at radius 3 is 2.09 bits per heavy atom. The second-order valence-corrected chi connectivity index (χ2v) is 5.95. The van der Waals surface area contributed by atoms with Gasteiger partial charge in [0.25, 0.3) is 0 Å². The lowest BCUT2D eigenvalue weighted by molar-refractivity contribution is 0.0180. The van der Waals surface area contributed by atoms with Crippen LogP contribution in [0.5, 0.6) is 5.75 Å². The maximum atomic E-state index is 5.64. The van der Waals surface area contributed by atoms with Crippen LogP contribution in [-0.4, -0.2) is 61.0 Å². The van der Waals surface area contributed by atoms with Gasteiger partial charge in [0.15, 0.2) is 0 Å². The number of rotatable bonds is 13. The lowest BCUT2D eigenvalue weighted by Crippen LogP contribution is -2.13. The second-order valence-electron chi connectivity index (χ2n) is 4.19. The summed E-state index contributed by atoms with van der Waals surface area (Å²) in [7, 11) is 3.87. The topological polar surface area (TPSA) is 55.4 Å². The van der Waals surface area contributed by atoms with Crippen LogP contribution in [0.4, 0.5) is 0 Å². The Bertz CT molecular complexity index is 386. The molecule has 0 N–H and O–H groups in total. The number of benzene rings is 1. The van der Waals surface area contributed by atoms with E-state index in [2.05, 4.69) is 0 Å². The lowest BCUT2D eigenvalue weighted by atomic mass is 10.3. The fourth-order valence-corrected chi connectivity index (χ4v) is 2.67. The summed E-state index contributed by atoms with van der Waals surface area (Å²) in [6.45, 7) is 3.30. The Morgan fingerprint density at radius 1 is 0.818 bits per heavy atom. The molecule has 0 amide bonds. The summed E-state index contributed by atoms with van der Waals surface area (Å²) < 4.78 is 31.8. The van der Waals surface area contributed by atoms with Gasteiger partial charge >= 0.3 is 0 Å². The van der Waals surface area contributed by atoms with E-state index >= 15 is 0 Å². The molecule has 22 heavy (non-hydrogen) atoms. The normalized spacial score (nSPS) is 11.1. The Hall–Kier alpha value is -0.750. The molecule has 0 bridgehead atoms. The largest absolute Gasteiger partial charge is 0.491 e. The predicted octanol–water partition coefficient (Wildman–Crippen LogP) is 1.97. The van der Waals surface area contributed by atoms with Crippen molar-refractivity contribution in [2.45, 2.75) is 0 Å². The van der Waals surface area contributed by atoms with E-state index in [1.54, 1.807) is 21.3 Å². The maximum Gasteiger partial charge on any atom is 0.204 e. The molecule has 0 spiro atoms. The quantitative estimate of drug-likeness (QED) is 0.407. The minimum Gasteiger partial charge on any atom is -0.491 e. The predicted molar refractivity (Wildman–Crippen MR) is 86.0 cm³/mol. The van der Waals surface area contributed by atoms with Gasteiger partial charge in [-0.3, -0.25) is 0 Å². The van der Waals surface area contributed by atoms with Crippen molar-refractivity contribution in [3.63, 3.8) is 0 Å². The van der Waals surface area contributed by atoms with Gasteiger partial charge in [0.05, 0.1) is 33.0 Å². The van der Waals surface area contributed by atoms with Crippen LogP contribution in [0.25, 0.3) is 0 Å². The van der Waals surface area contributed by atoms with E-state index in [0.29, 0.717) is 39.6 Å². The van der Waals surface area contributed by atoms with E-state index in [0.717, 1.165) is 11.1 Å². The lowest BCUT2D eigenvalue weighted by Gasteiger charge is -2.13. The van der Waals surface area contributed by atoms with Gasteiger partial charge in [0.1, 0.15) is 12.4 Å². The molecule has 126 valence electrons. The molecule has 0 aliphatic carbocycles. The molecule has 7 heteroatoms. The van der Waals surface area contributed by atoms with E-state index < -0.39 is 8.38 Å². The number of ether oxygens (including phenoxy) is 4. The Morgan fingerprint density at radius 2 is 1.45 bits per heavy atom. The van der Waals surface area contributed by atoms with Crippen molar-refractivity contribution in [3.05, 3.63) is 24.3 Å².